The molecule has 13 heteroatoms. The van der Waals surface area contributed by atoms with Gasteiger partial charge in [0, 0.05) is 36.5 Å². The monoisotopic (exact) mass is 501 g/mol. The van der Waals surface area contributed by atoms with Crippen LogP contribution in [0.2, 0.25) is 0 Å². The lowest BCUT2D eigenvalue weighted by molar-refractivity contribution is -0.126. The summed E-state index contributed by atoms with van der Waals surface area (Å²) in [6.07, 6.45) is 3.68. The first-order valence-electron chi connectivity index (χ1n) is 11.2. The fraction of sp³-hybridized carbons (Fsp3) is 0.619. The van der Waals surface area contributed by atoms with Crippen LogP contribution in [0.1, 0.15) is 68.7 Å². The molecule has 190 valence electrons. The number of benzene rings is 1. The Morgan fingerprint density at radius 3 is 2.41 bits per heavy atom. The number of alkyl halides is 1. The maximum Gasteiger partial charge on any atom is 0.524 e. The Hall–Kier alpha value is -2.65. The van der Waals surface area contributed by atoms with Crippen LogP contribution in [0.25, 0.3) is 10.4 Å². The molecule has 1 aromatic carbocycles. The Morgan fingerprint density at radius 2 is 1.76 bits per heavy atom. The van der Waals surface area contributed by atoms with Crippen molar-refractivity contribution >= 4 is 19.6 Å². The Labute approximate surface area is 198 Å². The van der Waals surface area contributed by atoms with Gasteiger partial charge in [0.05, 0.1) is 0 Å². The lowest BCUT2D eigenvalue weighted by Gasteiger charge is -2.15. The number of aryl methyl sites for hydroxylation is 1. The van der Waals surface area contributed by atoms with E-state index >= 15 is 0 Å². The van der Waals surface area contributed by atoms with Crippen LogP contribution in [0.15, 0.2) is 23.3 Å². The summed E-state index contributed by atoms with van der Waals surface area (Å²) in [7, 11) is -4.90. The topological polar surface area (TPSA) is 174 Å². The van der Waals surface area contributed by atoms with Gasteiger partial charge < -0.3 is 15.2 Å². The molecule has 0 aliphatic rings. The van der Waals surface area contributed by atoms with E-state index in [2.05, 4.69) is 25.2 Å². The zero-order chi connectivity index (χ0) is 25.4. The van der Waals surface area contributed by atoms with Gasteiger partial charge in [-0.1, -0.05) is 36.0 Å². The Balaban J connectivity index is 2.21. The summed E-state index contributed by atoms with van der Waals surface area (Å²) in [5.41, 5.74) is 8.54. The van der Waals surface area contributed by atoms with Crippen LogP contribution in [0.5, 0.6) is 5.75 Å². The minimum absolute atomic E-state index is 0.0108. The number of hydrogen-bond donors (Lipinski definition) is 4. The van der Waals surface area contributed by atoms with E-state index in [9.17, 15) is 18.5 Å². The van der Waals surface area contributed by atoms with E-state index < -0.39 is 19.9 Å². The lowest BCUT2D eigenvalue weighted by Crippen LogP contribution is -2.28. The third-order valence-electron chi connectivity index (χ3n) is 4.84. The molecule has 0 heterocycles. The quantitative estimate of drug-likeness (QED) is 0.0820. The number of amides is 2. The Morgan fingerprint density at radius 1 is 1.12 bits per heavy atom. The molecule has 0 saturated heterocycles. The molecule has 0 radical (unpaired) electrons. The molecule has 0 fully saturated rings. The summed E-state index contributed by atoms with van der Waals surface area (Å²) in [4.78, 5) is 44.5. The van der Waals surface area contributed by atoms with Crippen LogP contribution in [0.4, 0.5) is 4.39 Å². The zero-order valence-electron chi connectivity index (χ0n) is 19.3. The summed E-state index contributed by atoms with van der Waals surface area (Å²) in [5.74, 6) is -1.30. The second-order valence-corrected chi connectivity index (χ2v) is 8.97. The average Bonchev–Trinajstić information content (AvgIpc) is 2.77. The van der Waals surface area contributed by atoms with Gasteiger partial charge in [0.25, 0.3) is 5.91 Å². The van der Waals surface area contributed by atoms with Gasteiger partial charge >= 0.3 is 7.82 Å². The summed E-state index contributed by atoms with van der Waals surface area (Å²) in [5, 5.41) is 8.76. The van der Waals surface area contributed by atoms with E-state index in [0.717, 1.165) is 38.5 Å². The second kappa shape index (κ2) is 16.1. The molecular formula is C21H33FN5O6P. The van der Waals surface area contributed by atoms with Crippen molar-refractivity contribution in [2.45, 2.75) is 64.5 Å². The summed E-state index contributed by atoms with van der Waals surface area (Å²) < 4.78 is 30.2. The van der Waals surface area contributed by atoms with E-state index in [4.69, 9.17) is 15.3 Å². The largest absolute Gasteiger partial charge is 0.524 e. The van der Waals surface area contributed by atoms with Gasteiger partial charge in [-0.2, -0.15) is 0 Å². The van der Waals surface area contributed by atoms with E-state index in [1.54, 1.807) is 6.92 Å². The molecule has 1 rings (SSSR count). The Kier molecular flexibility index (Phi) is 13.9. The molecular weight excluding hydrogens is 468 g/mol. The van der Waals surface area contributed by atoms with Crippen molar-refractivity contribution in [1.82, 2.24) is 10.6 Å². The van der Waals surface area contributed by atoms with Gasteiger partial charge in [0.2, 0.25) is 12.1 Å². The van der Waals surface area contributed by atoms with Crippen LogP contribution < -0.4 is 15.2 Å². The number of nitrogens with zero attached hydrogens (tertiary/aromatic N) is 3. The van der Waals surface area contributed by atoms with Crippen LogP contribution in [-0.2, 0) is 14.2 Å². The van der Waals surface area contributed by atoms with Gasteiger partial charge in [0.1, 0.15) is 5.75 Å². The van der Waals surface area contributed by atoms with Gasteiger partial charge in [-0.3, -0.25) is 19.4 Å². The van der Waals surface area contributed by atoms with E-state index in [-0.39, 0.29) is 23.8 Å². The number of carbonyl (C=O) groups excluding carboxylic acids is 2. The molecule has 0 aliphatic heterocycles. The van der Waals surface area contributed by atoms with Gasteiger partial charge in [-0.25, -0.2) is 8.96 Å². The van der Waals surface area contributed by atoms with Gasteiger partial charge in [-0.15, -0.1) is 0 Å². The average molecular weight is 501 g/mol. The first-order valence-corrected chi connectivity index (χ1v) is 12.7. The molecule has 1 atom stereocenters. The maximum absolute atomic E-state index is 14.7. The molecule has 2 amide bonds. The fourth-order valence-electron chi connectivity index (χ4n) is 3.13. The smallest absolute Gasteiger partial charge is 0.404 e. The normalized spacial score (nSPS) is 11.9. The fourth-order valence-corrected chi connectivity index (χ4v) is 3.55. The number of phosphoric ester groups is 1. The second-order valence-electron chi connectivity index (χ2n) is 7.81. The molecule has 4 N–H and O–H groups in total. The van der Waals surface area contributed by atoms with Crippen molar-refractivity contribution in [1.29, 1.82) is 0 Å². The maximum atomic E-state index is 14.7. The lowest BCUT2D eigenvalue weighted by atomic mass is 10.1. The number of phosphoric acid groups is 1. The number of nitrogens with one attached hydrogen (secondary N) is 2. The standard InChI is InChI=1S/C21H33FN5O6P/c1-16-10-11-18(33-34(30,31)32)17(15-16)20(22)21(29)25-13-7-3-2-6-12-24-19(28)9-5-4-8-14-26-27-23/h10-11,15,20H,2-9,12-14H2,1H3,(H,24,28)(H,25,29)(H2,30,31,32). The third-order valence-corrected chi connectivity index (χ3v) is 5.27. The van der Waals surface area contributed by atoms with Crippen molar-refractivity contribution in [3.8, 4) is 5.75 Å². The number of carbonyl (C=O) groups is 2. The first kappa shape index (κ1) is 29.4. The van der Waals surface area contributed by atoms with Crippen molar-refractivity contribution in [2.75, 3.05) is 19.6 Å². The number of hydrogen-bond acceptors (Lipinski definition) is 5. The molecule has 1 unspecified atom stereocenters. The highest BCUT2D eigenvalue weighted by Crippen LogP contribution is 2.41. The van der Waals surface area contributed by atoms with Crippen LogP contribution in [0.3, 0.4) is 0 Å². The van der Waals surface area contributed by atoms with Gasteiger partial charge in [-0.05, 0) is 50.3 Å². The number of halogens is 1. The predicted molar refractivity (Wildman–Crippen MR) is 125 cm³/mol. The van der Waals surface area contributed by atoms with E-state index in [1.807, 2.05) is 0 Å². The number of unbranched alkanes of at least 4 members (excludes halogenated alkanes) is 5. The van der Waals surface area contributed by atoms with Crippen molar-refractivity contribution < 1.29 is 32.9 Å². The molecule has 0 bridgehead atoms. The Bertz CT molecular complexity index is 890. The summed E-state index contributed by atoms with van der Waals surface area (Å²) in [6.45, 7) is 2.92. The molecule has 11 nitrogen and oxygen atoms in total. The minimum Gasteiger partial charge on any atom is -0.404 e. The highest BCUT2D eigenvalue weighted by atomic mass is 31.2. The highest BCUT2D eigenvalue weighted by Gasteiger charge is 2.27. The van der Waals surface area contributed by atoms with E-state index in [0.29, 0.717) is 31.5 Å². The predicted octanol–water partition coefficient (Wildman–Crippen LogP) is 4.14. The van der Waals surface area contributed by atoms with Crippen molar-refractivity contribution in [3.05, 3.63) is 39.8 Å². The number of azide groups is 1. The SMILES string of the molecule is Cc1ccc(OP(=O)(O)O)c(C(F)C(=O)NCCCCCCNC(=O)CCCCCN=[N+]=[N-])c1. The molecule has 1 aromatic rings. The zero-order valence-corrected chi connectivity index (χ0v) is 20.2. The van der Waals surface area contributed by atoms with Crippen LogP contribution in [-0.4, -0.2) is 41.2 Å². The third kappa shape index (κ3) is 13.2. The van der Waals surface area contributed by atoms with Crippen LogP contribution in [0, 0.1) is 6.92 Å². The van der Waals surface area contributed by atoms with Crippen LogP contribution >= 0.6 is 7.82 Å². The highest BCUT2D eigenvalue weighted by molar-refractivity contribution is 7.46. The minimum atomic E-state index is -4.90. The van der Waals surface area contributed by atoms with Gasteiger partial charge in [0.15, 0.2) is 0 Å². The summed E-state index contributed by atoms with van der Waals surface area (Å²) in [6, 6.07) is 4.03. The molecule has 0 saturated carbocycles. The van der Waals surface area contributed by atoms with E-state index in [1.165, 1.54) is 18.2 Å². The van der Waals surface area contributed by atoms with Crippen molar-refractivity contribution in [3.63, 3.8) is 0 Å². The number of rotatable bonds is 17. The summed E-state index contributed by atoms with van der Waals surface area (Å²) >= 11 is 0. The molecule has 0 spiro atoms. The first-order chi connectivity index (χ1) is 16.1. The molecule has 0 aromatic heterocycles. The molecule has 34 heavy (non-hydrogen) atoms. The van der Waals surface area contributed by atoms with Crippen molar-refractivity contribution in [2.24, 2.45) is 5.11 Å². The molecule has 0 aliphatic carbocycles.